The van der Waals surface area contributed by atoms with E-state index >= 15 is 0 Å². The van der Waals surface area contributed by atoms with Gasteiger partial charge in [0.25, 0.3) is 0 Å². The molecular weight excluding hydrogens is 302 g/mol. The number of alkyl halides is 1. The number of amides is 1. The first-order chi connectivity index (χ1) is 9.02. The standard InChI is InChI=1S/C16H30BrNO/c1-4-5-6-14-7-9-15(10-8-14)16(19)18-13(3)11-12(2)17/h12-15H,4-11H2,1-3H3,(H,18,19). The Morgan fingerprint density at radius 1 is 1.26 bits per heavy atom. The number of carbonyl (C=O) groups is 1. The van der Waals surface area contributed by atoms with Gasteiger partial charge in [0.05, 0.1) is 0 Å². The second-order valence-corrected chi connectivity index (χ2v) is 7.85. The van der Waals surface area contributed by atoms with Crippen LogP contribution in [0.5, 0.6) is 0 Å². The lowest BCUT2D eigenvalue weighted by atomic mass is 9.79. The summed E-state index contributed by atoms with van der Waals surface area (Å²) in [5, 5.41) is 3.17. The first kappa shape index (κ1) is 17.0. The van der Waals surface area contributed by atoms with Gasteiger partial charge in [-0.2, -0.15) is 0 Å². The van der Waals surface area contributed by atoms with Crippen LogP contribution in [0.15, 0.2) is 0 Å². The van der Waals surface area contributed by atoms with Gasteiger partial charge in [0.1, 0.15) is 0 Å². The second-order valence-electron chi connectivity index (χ2n) is 6.29. The molecule has 2 unspecified atom stereocenters. The Hall–Kier alpha value is -0.0500. The summed E-state index contributed by atoms with van der Waals surface area (Å²) in [5.41, 5.74) is 0. The minimum Gasteiger partial charge on any atom is -0.353 e. The van der Waals surface area contributed by atoms with Crippen LogP contribution in [0.25, 0.3) is 0 Å². The highest BCUT2D eigenvalue weighted by Gasteiger charge is 2.26. The Morgan fingerprint density at radius 2 is 1.89 bits per heavy atom. The monoisotopic (exact) mass is 331 g/mol. The van der Waals surface area contributed by atoms with Crippen molar-refractivity contribution in [3.05, 3.63) is 0 Å². The maximum atomic E-state index is 12.2. The van der Waals surface area contributed by atoms with Crippen molar-refractivity contribution in [2.45, 2.75) is 83.0 Å². The van der Waals surface area contributed by atoms with Gasteiger partial charge >= 0.3 is 0 Å². The molecule has 1 amide bonds. The average Bonchev–Trinajstić information content (AvgIpc) is 2.35. The summed E-state index contributed by atoms with van der Waals surface area (Å²) in [5.74, 6) is 1.43. The van der Waals surface area contributed by atoms with Crippen molar-refractivity contribution in [2.75, 3.05) is 0 Å². The average molecular weight is 332 g/mol. The molecule has 1 rings (SSSR count). The minimum atomic E-state index is 0.269. The van der Waals surface area contributed by atoms with E-state index in [0.29, 0.717) is 4.83 Å². The molecule has 1 fully saturated rings. The van der Waals surface area contributed by atoms with Crippen LogP contribution >= 0.6 is 15.9 Å². The summed E-state index contributed by atoms with van der Waals surface area (Å²) in [6, 6.07) is 0.277. The predicted octanol–water partition coefficient (Wildman–Crippen LogP) is 4.66. The molecule has 1 aliphatic rings. The quantitative estimate of drug-likeness (QED) is 0.675. The Labute approximate surface area is 127 Å². The molecular formula is C16H30BrNO. The largest absolute Gasteiger partial charge is 0.353 e. The highest BCUT2D eigenvalue weighted by atomic mass is 79.9. The molecule has 0 heterocycles. The zero-order valence-electron chi connectivity index (χ0n) is 12.8. The number of hydrogen-bond donors (Lipinski definition) is 1. The summed E-state index contributed by atoms with van der Waals surface area (Å²) >= 11 is 3.54. The molecule has 0 radical (unpaired) electrons. The van der Waals surface area contributed by atoms with Crippen LogP contribution in [0.2, 0.25) is 0 Å². The molecule has 0 aliphatic heterocycles. The van der Waals surface area contributed by atoms with Crippen molar-refractivity contribution >= 4 is 21.8 Å². The number of unbranched alkanes of at least 4 members (excludes halogenated alkanes) is 1. The molecule has 0 aromatic rings. The lowest BCUT2D eigenvalue weighted by Gasteiger charge is -2.28. The first-order valence-electron chi connectivity index (χ1n) is 7.97. The predicted molar refractivity (Wildman–Crippen MR) is 85.6 cm³/mol. The SMILES string of the molecule is CCCCC1CCC(C(=O)NC(C)CC(C)Br)CC1. The van der Waals surface area contributed by atoms with Gasteiger partial charge in [-0.15, -0.1) is 0 Å². The van der Waals surface area contributed by atoms with Crippen molar-refractivity contribution in [2.24, 2.45) is 11.8 Å². The zero-order chi connectivity index (χ0) is 14.3. The van der Waals surface area contributed by atoms with Crippen molar-refractivity contribution in [1.82, 2.24) is 5.32 Å². The molecule has 2 atom stereocenters. The van der Waals surface area contributed by atoms with Gasteiger partial charge in [-0.3, -0.25) is 4.79 Å². The fourth-order valence-electron chi connectivity index (χ4n) is 3.11. The van der Waals surface area contributed by atoms with Crippen molar-refractivity contribution < 1.29 is 4.79 Å². The number of rotatable bonds is 7. The summed E-state index contributed by atoms with van der Waals surface area (Å²) in [6.07, 6.45) is 9.69. The minimum absolute atomic E-state index is 0.269. The number of hydrogen-bond acceptors (Lipinski definition) is 1. The van der Waals surface area contributed by atoms with Crippen LogP contribution in [0.4, 0.5) is 0 Å². The highest BCUT2D eigenvalue weighted by molar-refractivity contribution is 9.09. The first-order valence-corrected chi connectivity index (χ1v) is 8.88. The van der Waals surface area contributed by atoms with Gasteiger partial charge in [-0.25, -0.2) is 0 Å². The van der Waals surface area contributed by atoms with Crippen LogP contribution in [-0.4, -0.2) is 16.8 Å². The van der Waals surface area contributed by atoms with E-state index in [4.69, 9.17) is 0 Å². The van der Waals surface area contributed by atoms with Crippen LogP contribution in [-0.2, 0) is 4.79 Å². The Balaban J connectivity index is 2.24. The molecule has 112 valence electrons. The molecule has 1 N–H and O–H groups in total. The van der Waals surface area contributed by atoms with E-state index in [1.165, 1.54) is 32.1 Å². The van der Waals surface area contributed by atoms with Crippen molar-refractivity contribution in [1.29, 1.82) is 0 Å². The van der Waals surface area contributed by atoms with Gasteiger partial charge in [0, 0.05) is 16.8 Å². The molecule has 1 aliphatic carbocycles. The topological polar surface area (TPSA) is 29.1 Å². The molecule has 19 heavy (non-hydrogen) atoms. The van der Waals surface area contributed by atoms with E-state index in [1.807, 2.05) is 0 Å². The third-order valence-corrected chi connectivity index (χ3v) is 4.62. The lowest BCUT2D eigenvalue weighted by Crippen LogP contribution is -2.39. The third-order valence-electron chi connectivity index (χ3n) is 4.25. The van der Waals surface area contributed by atoms with Gasteiger partial charge in [0.15, 0.2) is 0 Å². The Kier molecular flexibility index (Phi) is 8.05. The molecule has 0 aromatic carbocycles. The van der Waals surface area contributed by atoms with Gasteiger partial charge < -0.3 is 5.32 Å². The molecule has 0 aromatic heterocycles. The van der Waals surface area contributed by atoms with Crippen LogP contribution in [0, 0.1) is 11.8 Å². The third kappa shape index (κ3) is 6.78. The van der Waals surface area contributed by atoms with Crippen molar-refractivity contribution in [3.63, 3.8) is 0 Å². The molecule has 3 heteroatoms. The van der Waals surface area contributed by atoms with E-state index in [9.17, 15) is 4.79 Å². The second kappa shape index (κ2) is 8.99. The van der Waals surface area contributed by atoms with Crippen LogP contribution in [0.3, 0.4) is 0 Å². The lowest BCUT2D eigenvalue weighted by molar-refractivity contribution is -0.126. The van der Waals surface area contributed by atoms with E-state index < -0.39 is 0 Å². The smallest absolute Gasteiger partial charge is 0.223 e. The summed E-state index contributed by atoms with van der Waals surface area (Å²) in [7, 11) is 0. The zero-order valence-corrected chi connectivity index (χ0v) is 14.3. The molecule has 0 bridgehead atoms. The molecule has 0 spiro atoms. The summed E-state index contributed by atoms with van der Waals surface area (Å²) < 4.78 is 0. The number of halogens is 1. The Morgan fingerprint density at radius 3 is 2.42 bits per heavy atom. The van der Waals surface area contributed by atoms with Gasteiger partial charge in [-0.05, 0) is 44.9 Å². The van der Waals surface area contributed by atoms with Gasteiger partial charge in [0.2, 0.25) is 5.91 Å². The number of carbonyl (C=O) groups excluding carboxylic acids is 1. The fraction of sp³-hybridized carbons (Fsp3) is 0.938. The fourth-order valence-corrected chi connectivity index (χ4v) is 3.67. The number of nitrogens with one attached hydrogen (secondary N) is 1. The molecule has 2 nitrogen and oxygen atoms in total. The normalized spacial score (nSPS) is 26.7. The molecule has 0 saturated heterocycles. The maximum Gasteiger partial charge on any atom is 0.223 e. The van der Waals surface area contributed by atoms with Crippen molar-refractivity contribution in [3.8, 4) is 0 Å². The molecule has 1 saturated carbocycles. The van der Waals surface area contributed by atoms with E-state index in [-0.39, 0.29) is 17.9 Å². The van der Waals surface area contributed by atoms with E-state index in [2.05, 4.69) is 42.0 Å². The van der Waals surface area contributed by atoms with Crippen LogP contribution < -0.4 is 5.32 Å². The highest BCUT2D eigenvalue weighted by Crippen LogP contribution is 2.32. The van der Waals surface area contributed by atoms with E-state index in [1.54, 1.807) is 0 Å². The van der Waals surface area contributed by atoms with Crippen LogP contribution in [0.1, 0.15) is 72.1 Å². The maximum absolute atomic E-state index is 12.2. The van der Waals surface area contributed by atoms with Gasteiger partial charge in [-0.1, -0.05) is 49.0 Å². The Bertz CT molecular complexity index is 259. The van der Waals surface area contributed by atoms with E-state index in [0.717, 1.165) is 25.2 Å². The summed E-state index contributed by atoms with van der Waals surface area (Å²) in [4.78, 5) is 12.6. The summed E-state index contributed by atoms with van der Waals surface area (Å²) in [6.45, 7) is 6.48.